The van der Waals surface area contributed by atoms with Crippen molar-refractivity contribution in [2.75, 3.05) is 25.0 Å². The van der Waals surface area contributed by atoms with Gasteiger partial charge in [-0.2, -0.15) is 5.26 Å². The van der Waals surface area contributed by atoms with E-state index in [0.717, 1.165) is 31.8 Å². The standard InChI is InChI=1S/C19H20ClFN4/c20-15-3-4-16(21)19-17(15)18(13(9-22)10-23-19)24-14-5-7-25(8-6-14)11-12-1-2-12/h3-4,10,12,14H,1-2,5-8,11H2,(H,23,24). The highest BCUT2D eigenvalue weighted by Gasteiger charge is 2.27. The van der Waals surface area contributed by atoms with Crippen LogP contribution in [0, 0.1) is 23.1 Å². The second-order valence-electron chi connectivity index (χ2n) is 7.07. The molecule has 1 N–H and O–H groups in total. The number of benzene rings is 1. The summed E-state index contributed by atoms with van der Waals surface area (Å²) in [7, 11) is 0. The topological polar surface area (TPSA) is 52.0 Å². The third kappa shape index (κ3) is 3.42. The first kappa shape index (κ1) is 16.6. The van der Waals surface area contributed by atoms with Crippen LogP contribution in [0.4, 0.5) is 10.1 Å². The number of pyridine rings is 1. The summed E-state index contributed by atoms with van der Waals surface area (Å²) in [5.74, 6) is 0.479. The van der Waals surface area contributed by atoms with Gasteiger partial charge >= 0.3 is 0 Å². The minimum atomic E-state index is -0.425. The predicted molar refractivity (Wildman–Crippen MR) is 97.2 cm³/mol. The molecule has 6 heteroatoms. The fourth-order valence-corrected chi connectivity index (χ4v) is 3.84. The number of nitriles is 1. The lowest BCUT2D eigenvalue weighted by Gasteiger charge is -2.33. The van der Waals surface area contributed by atoms with Gasteiger partial charge in [-0.25, -0.2) is 4.39 Å². The highest BCUT2D eigenvalue weighted by Crippen LogP contribution is 2.35. The molecule has 4 rings (SSSR count). The van der Waals surface area contributed by atoms with Gasteiger partial charge in [0.2, 0.25) is 0 Å². The van der Waals surface area contributed by atoms with E-state index in [1.165, 1.54) is 37.7 Å². The maximum absolute atomic E-state index is 14.1. The molecule has 0 spiro atoms. The van der Waals surface area contributed by atoms with E-state index in [2.05, 4.69) is 21.3 Å². The fourth-order valence-electron chi connectivity index (χ4n) is 3.60. The van der Waals surface area contributed by atoms with Crippen LogP contribution in [-0.2, 0) is 0 Å². The van der Waals surface area contributed by atoms with Crippen LogP contribution in [0.15, 0.2) is 18.3 Å². The molecule has 1 aromatic carbocycles. The van der Waals surface area contributed by atoms with E-state index in [4.69, 9.17) is 11.6 Å². The quantitative estimate of drug-likeness (QED) is 0.890. The van der Waals surface area contributed by atoms with E-state index in [1.807, 2.05) is 0 Å². The number of fused-ring (bicyclic) bond motifs is 1. The normalized spacial score (nSPS) is 19.1. The first-order valence-electron chi connectivity index (χ1n) is 8.81. The SMILES string of the molecule is N#Cc1cnc2c(F)ccc(Cl)c2c1NC1CCN(CC2CC2)CC1. The Hall–Kier alpha value is -1.90. The van der Waals surface area contributed by atoms with Gasteiger partial charge in [0, 0.05) is 37.3 Å². The average molecular weight is 359 g/mol. The van der Waals surface area contributed by atoms with Crippen molar-refractivity contribution < 1.29 is 4.39 Å². The van der Waals surface area contributed by atoms with E-state index < -0.39 is 5.82 Å². The molecule has 0 radical (unpaired) electrons. The van der Waals surface area contributed by atoms with E-state index in [0.29, 0.717) is 21.7 Å². The predicted octanol–water partition coefficient (Wildman–Crippen LogP) is 4.19. The van der Waals surface area contributed by atoms with Crippen LogP contribution >= 0.6 is 11.6 Å². The highest BCUT2D eigenvalue weighted by atomic mass is 35.5. The summed E-state index contributed by atoms with van der Waals surface area (Å²) in [6.07, 6.45) is 6.18. The lowest BCUT2D eigenvalue weighted by atomic mass is 10.0. The van der Waals surface area contributed by atoms with Crippen LogP contribution in [0.3, 0.4) is 0 Å². The van der Waals surface area contributed by atoms with Crippen molar-refractivity contribution >= 4 is 28.2 Å². The lowest BCUT2D eigenvalue weighted by Crippen LogP contribution is -2.40. The Morgan fingerprint density at radius 1 is 1.28 bits per heavy atom. The lowest BCUT2D eigenvalue weighted by molar-refractivity contribution is 0.211. The number of hydrogen-bond acceptors (Lipinski definition) is 4. The Bertz CT molecular complexity index is 835. The third-order valence-electron chi connectivity index (χ3n) is 5.19. The number of likely N-dealkylation sites (tertiary alicyclic amines) is 1. The van der Waals surface area contributed by atoms with Gasteiger partial charge in [-0.1, -0.05) is 11.6 Å². The molecule has 2 aliphatic rings. The molecule has 2 aromatic rings. The second kappa shape index (κ2) is 6.78. The zero-order valence-corrected chi connectivity index (χ0v) is 14.7. The van der Waals surface area contributed by atoms with E-state index in [-0.39, 0.29) is 11.6 Å². The number of aromatic nitrogens is 1. The molecule has 0 unspecified atom stereocenters. The molecule has 1 saturated heterocycles. The minimum Gasteiger partial charge on any atom is -0.381 e. The molecule has 1 aromatic heterocycles. The largest absolute Gasteiger partial charge is 0.381 e. The first-order valence-corrected chi connectivity index (χ1v) is 9.19. The molecule has 25 heavy (non-hydrogen) atoms. The molecular weight excluding hydrogens is 339 g/mol. The van der Waals surface area contributed by atoms with Crippen LogP contribution in [-0.4, -0.2) is 35.6 Å². The summed E-state index contributed by atoms with van der Waals surface area (Å²) in [5, 5.41) is 13.8. The van der Waals surface area contributed by atoms with Crippen molar-refractivity contribution in [2.24, 2.45) is 5.92 Å². The molecule has 1 saturated carbocycles. The summed E-state index contributed by atoms with van der Waals surface area (Å²) in [6, 6.07) is 5.24. The number of halogens is 2. The number of anilines is 1. The Labute approximate surface area is 151 Å². The minimum absolute atomic E-state index is 0.208. The summed E-state index contributed by atoms with van der Waals surface area (Å²) >= 11 is 6.30. The van der Waals surface area contributed by atoms with Crippen molar-refractivity contribution in [2.45, 2.75) is 31.7 Å². The number of piperidine rings is 1. The van der Waals surface area contributed by atoms with Crippen molar-refractivity contribution in [1.29, 1.82) is 5.26 Å². The zero-order valence-electron chi connectivity index (χ0n) is 13.9. The Kier molecular flexibility index (Phi) is 4.49. The summed E-state index contributed by atoms with van der Waals surface area (Å²) in [5.41, 5.74) is 1.22. The molecule has 4 nitrogen and oxygen atoms in total. The van der Waals surface area contributed by atoms with Gasteiger partial charge in [-0.3, -0.25) is 4.98 Å². The van der Waals surface area contributed by atoms with E-state index >= 15 is 0 Å². The smallest absolute Gasteiger partial charge is 0.149 e. The Morgan fingerprint density at radius 2 is 2.04 bits per heavy atom. The van der Waals surface area contributed by atoms with Gasteiger partial charge in [0.1, 0.15) is 17.4 Å². The summed E-state index contributed by atoms with van der Waals surface area (Å²) in [4.78, 5) is 6.61. The van der Waals surface area contributed by atoms with Crippen LogP contribution < -0.4 is 5.32 Å². The maximum atomic E-state index is 14.1. The number of nitrogens with zero attached hydrogens (tertiary/aromatic N) is 3. The summed E-state index contributed by atoms with van der Waals surface area (Å²) < 4.78 is 14.1. The summed E-state index contributed by atoms with van der Waals surface area (Å²) in [6.45, 7) is 3.33. The van der Waals surface area contributed by atoms with Crippen LogP contribution in [0.1, 0.15) is 31.2 Å². The number of nitrogens with one attached hydrogen (secondary N) is 1. The van der Waals surface area contributed by atoms with Crippen molar-refractivity contribution in [3.63, 3.8) is 0 Å². The Morgan fingerprint density at radius 3 is 2.72 bits per heavy atom. The molecule has 0 amide bonds. The molecule has 0 bridgehead atoms. The fraction of sp³-hybridized carbons (Fsp3) is 0.474. The average Bonchev–Trinajstić information content (AvgIpc) is 3.44. The van der Waals surface area contributed by atoms with Gasteiger partial charge in [-0.05, 0) is 43.7 Å². The number of hydrogen-bond donors (Lipinski definition) is 1. The van der Waals surface area contributed by atoms with Gasteiger partial charge in [0.25, 0.3) is 0 Å². The molecule has 1 aliphatic carbocycles. The van der Waals surface area contributed by atoms with Gasteiger partial charge in [0.15, 0.2) is 0 Å². The second-order valence-corrected chi connectivity index (χ2v) is 7.48. The van der Waals surface area contributed by atoms with Gasteiger partial charge in [-0.15, -0.1) is 0 Å². The van der Waals surface area contributed by atoms with Crippen molar-refractivity contribution in [3.05, 3.63) is 34.7 Å². The molecule has 2 heterocycles. The molecule has 0 atom stereocenters. The van der Waals surface area contributed by atoms with E-state index in [9.17, 15) is 9.65 Å². The monoisotopic (exact) mass is 358 g/mol. The molecule has 2 fully saturated rings. The van der Waals surface area contributed by atoms with Gasteiger partial charge < -0.3 is 10.2 Å². The molecular formula is C19H20ClFN4. The Balaban J connectivity index is 1.58. The zero-order chi connectivity index (χ0) is 17.4. The van der Waals surface area contributed by atoms with Crippen molar-refractivity contribution in [1.82, 2.24) is 9.88 Å². The third-order valence-corrected chi connectivity index (χ3v) is 5.50. The van der Waals surface area contributed by atoms with E-state index in [1.54, 1.807) is 0 Å². The highest BCUT2D eigenvalue weighted by molar-refractivity contribution is 6.36. The molecule has 130 valence electrons. The van der Waals surface area contributed by atoms with Gasteiger partial charge in [0.05, 0.1) is 16.3 Å². The van der Waals surface area contributed by atoms with Crippen LogP contribution in [0.25, 0.3) is 10.9 Å². The molecule has 1 aliphatic heterocycles. The maximum Gasteiger partial charge on any atom is 0.149 e. The van der Waals surface area contributed by atoms with Crippen molar-refractivity contribution in [3.8, 4) is 6.07 Å². The number of rotatable bonds is 4. The first-order chi connectivity index (χ1) is 12.2. The van der Waals surface area contributed by atoms with Crippen LogP contribution in [0.5, 0.6) is 0 Å². The van der Waals surface area contributed by atoms with Crippen LogP contribution in [0.2, 0.25) is 5.02 Å².